The Morgan fingerprint density at radius 1 is 1.21 bits per heavy atom. The Kier molecular flexibility index (Phi) is 10.3. The van der Waals surface area contributed by atoms with Crippen LogP contribution in [0.15, 0.2) is 0 Å². The van der Waals surface area contributed by atoms with Crippen LogP contribution in [0.3, 0.4) is 0 Å². The fourth-order valence-electron chi connectivity index (χ4n) is 2.75. The van der Waals surface area contributed by atoms with Gasteiger partial charge in [-0.15, -0.1) is 0 Å². The zero-order valence-corrected chi connectivity index (χ0v) is 14.9. The van der Waals surface area contributed by atoms with Gasteiger partial charge in [-0.3, -0.25) is 9.59 Å². The minimum absolute atomic E-state index is 0.0692. The molecule has 0 aromatic rings. The molecular formula is C18H30O6. The maximum Gasteiger partial charge on any atom is 0.306 e. The Morgan fingerprint density at radius 2 is 1.92 bits per heavy atom. The maximum atomic E-state index is 11.7. The van der Waals surface area contributed by atoms with Crippen molar-refractivity contribution < 1.29 is 28.6 Å². The second kappa shape index (κ2) is 12.0. The molecule has 1 aliphatic heterocycles. The monoisotopic (exact) mass is 342 g/mol. The smallest absolute Gasteiger partial charge is 0.306 e. The van der Waals surface area contributed by atoms with Crippen LogP contribution in [0.2, 0.25) is 0 Å². The lowest BCUT2D eigenvalue weighted by molar-refractivity contribution is -0.144. The zero-order valence-electron chi connectivity index (χ0n) is 14.9. The van der Waals surface area contributed by atoms with E-state index in [1.54, 1.807) is 14.0 Å². The van der Waals surface area contributed by atoms with E-state index in [1.807, 2.05) is 0 Å². The van der Waals surface area contributed by atoms with Crippen LogP contribution in [-0.2, 0) is 28.6 Å². The van der Waals surface area contributed by atoms with Gasteiger partial charge in [0.2, 0.25) is 0 Å². The van der Waals surface area contributed by atoms with Crippen molar-refractivity contribution in [2.24, 2.45) is 0 Å². The highest BCUT2D eigenvalue weighted by atomic mass is 16.6. The van der Waals surface area contributed by atoms with E-state index in [1.165, 1.54) is 0 Å². The third kappa shape index (κ3) is 9.65. The predicted molar refractivity (Wildman–Crippen MR) is 88.5 cm³/mol. The van der Waals surface area contributed by atoms with Crippen LogP contribution >= 0.6 is 0 Å². The van der Waals surface area contributed by atoms with Crippen molar-refractivity contribution in [3.63, 3.8) is 0 Å². The summed E-state index contributed by atoms with van der Waals surface area (Å²) in [6.07, 6.45) is 6.96. The molecule has 2 atom stereocenters. The van der Waals surface area contributed by atoms with E-state index in [-0.39, 0.29) is 29.9 Å². The molecule has 0 N–H and O–H groups in total. The largest absolute Gasteiger partial charge is 0.466 e. The first-order chi connectivity index (χ1) is 11.5. The Balaban J connectivity index is 2.02. The van der Waals surface area contributed by atoms with Gasteiger partial charge in [-0.1, -0.05) is 12.8 Å². The quantitative estimate of drug-likeness (QED) is 0.378. The summed E-state index contributed by atoms with van der Waals surface area (Å²) in [4.78, 5) is 33.5. The summed E-state index contributed by atoms with van der Waals surface area (Å²) in [7, 11) is 1.62. The lowest BCUT2D eigenvalue weighted by atomic mass is 10.1. The van der Waals surface area contributed by atoms with Gasteiger partial charge in [0.05, 0.1) is 12.7 Å². The second-order valence-electron chi connectivity index (χ2n) is 6.37. The number of cyclic esters (lactones) is 1. The molecule has 1 saturated heterocycles. The summed E-state index contributed by atoms with van der Waals surface area (Å²) in [6.45, 7) is 1.92. The summed E-state index contributed by atoms with van der Waals surface area (Å²) in [5.41, 5.74) is 0. The van der Waals surface area contributed by atoms with E-state index >= 15 is 0 Å². The first-order valence-electron chi connectivity index (χ1n) is 8.88. The van der Waals surface area contributed by atoms with Crippen LogP contribution in [0.25, 0.3) is 0 Å². The molecule has 0 saturated carbocycles. The van der Waals surface area contributed by atoms with Crippen molar-refractivity contribution in [3.8, 4) is 0 Å². The van der Waals surface area contributed by atoms with Gasteiger partial charge < -0.3 is 19.0 Å². The van der Waals surface area contributed by atoms with Gasteiger partial charge in [0, 0.05) is 39.2 Å². The van der Waals surface area contributed by atoms with Gasteiger partial charge in [-0.05, 0) is 26.2 Å². The fourth-order valence-corrected chi connectivity index (χ4v) is 2.75. The first-order valence-corrected chi connectivity index (χ1v) is 8.88. The highest BCUT2D eigenvalue weighted by Crippen LogP contribution is 2.20. The molecule has 0 amide bonds. The number of esters is 2. The summed E-state index contributed by atoms with van der Waals surface area (Å²) < 4.78 is 15.8. The molecular weight excluding hydrogens is 312 g/mol. The van der Waals surface area contributed by atoms with Crippen molar-refractivity contribution in [1.82, 2.24) is 0 Å². The van der Waals surface area contributed by atoms with Crippen LogP contribution in [0.5, 0.6) is 0 Å². The molecule has 0 aliphatic carbocycles. The topological polar surface area (TPSA) is 78.9 Å². The Hall–Kier alpha value is -1.43. The van der Waals surface area contributed by atoms with Gasteiger partial charge >= 0.3 is 11.9 Å². The van der Waals surface area contributed by atoms with E-state index in [4.69, 9.17) is 14.2 Å². The van der Waals surface area contributed by atoms with Gasteiger partial charge in [0.25, 0.3) is 0 Å². The van der Waals surface area contributed by atoms with Gasteiger partial charge in [0.1, 0.15) is 11.9 Å². The fraction of sp³-hybridized carbons (Fsp3) is 0.833. The molecule has 0 aromatic heterocycles. The Bertz CT molecular complexity index is 406. The molecule has 6 heteroatoms. The third-order valence-electron chi connectivity index (χ3n) is 4.19. The van der Waals surface area contributed by atoms with E-state index < -0.39 is 0 Å². The summed E-state index contributed by atoms with van der Waals surface area (Å²) in [5, 5.41) is 0. The molecule has 1 fully saturated rings. The Labute approximate surface area is 144 Å². The average molecular weight is 342 g/mol. The zero-order chi connectivity index (χ0) is 17.8. The first kappa shape index (κ1) is 20.6. The standard InChI is InChI=1S/C18H30O6/c1-14(19)7-5-3-4-6-8-17(20)23-12-11-15(22-2)13-16-9-10-18(21)24-16/h15-16H,3-13H2,1-2H3. The lowest BCUT2D eigenvalue weighted by Crippen LogP contribution is -2.22. The highest BCUT2D eigenvalue weighted by Gasteiger charge is 2.26. The molecule has 1 aliphatic rings. The Morgan fingerprint density at radius 3 is 2.50 bits per heavy atom. The molecule has 6 nitrogen and oxygen atoms in total. The third-order valence-corrected chi connectivity index (χ3v) is 4.19. The van der Waals surface area contributed by atoms with Crippen molar-refractivity contribution in [2.75, 3.05) is 13.7 Å². The van der Waals surface area contributed by atoms with Crippen LogP contribution in [0.4, 0.5) is 0 Å². The number of methoxy groups -OCH3 is 1. The minimum atomic E-state index is -0.191. The van der Waals surface area contributed by atoms with Gasteiger partial charge in [0.15, 0.2) is 0 Å². The normalized spacial score (nSPS) is 18.2. The predicted octanol–water partition coefficient (Wildman–Crippen LogP) is 2.96. The number of unbranched alkanes of at least 4 members (excludes halogenated alkanes) is 3. The number of hydrogen-bond donors (Lipinski definition) is 0. The molecule has 0 bridgehead atoms. The molecule has 138 valence electrons. The molecule has 0 spiro atoms. The lowest BCUT2D eigenvalue weighted by Gasteiger charge is -2.18. The van der Waals surface area contributed by atoms with Crippen LogP contribution in [0, 0.1) is 0 Å². The molecule has 0 radical (unpaired) electrons. The number of carbonyl (C=O) groups excluding carboxylic acids is 3. The van der Waals surface area contributed by atoms with Crippen molar-refractivity contribution >= 4 is 17.7 Å². The molecule has 1 rings (SSSR count). The molecule has 24 heavy (non-hydrogen) atoms. The number of Topliss-reactive ketones (excluding diaryl/α,β-unsaturated/α-hetero) is 1. The minimum Gasteiger partial charge on any atom is -0.466 e. The van der Waals surface area contributed by atoms with Gasteiger partial charge in [-0.2, -0.15) is 0 Å². The van der Waals surface area contributed by atoms with E-state index in [2.05, 4.69) is 0 Å². The van der Waals surface area contributed by atoms with Crippen LogP contribution in [-0.4, -0.2) is 43.6 Å². The van der Waals surface area contributed by atoms with Crippen LogP contribution < -0.4 is 0 Å². The van der Waals surface area contributed by atoms with Crippen molar-refractivity contribution in [1.29, 1.82) is 0 Å². The summed E-state index contributed by atoms with van der Waals surface area (Å²) >= 11 is 0. The number of ketones is 1. The van der Waals surface area contributed by atoms with E-state index in [0.29, 0.717) is 38.7 Å². The van der Waals surface area contributed by atoms with Crippen molar-refractivity contribution in [3.05, 3.63) is 0 Å². The number of carbonyl (C=O) groups is 3. The average Bonchev–Trinajstić information content (AvgIpc) is 2.94. The van der Waals surface area contributed by atoms with E-state index in [9.17, 15) is 14.4 Å². The van der Waals surface area contributed by atoms with Crippen molar-refractivity contribution in [2.45, 2.75) is 83.3 Å². The number of hydrogen-bond acceptors (Lipinski definition) is 6. The van der Waals surface area contributed by atoms with E-state index in [0.717, 1.165) is 32.1 Å². The van der Waals surface area contributed by atoms with Gasteiger partial charge in [-0.25, -0.2) is 0 Å². The highest BCUT2D eigenvalue weighted by molar-refractivity contribution is 5.75. The molecule has 0 aromatic carbocycles. The number of rotatable bonds is 13. The van der Waals surface area contributed by atoms with Crippen LogP contribution in [0.1, 0.15) is 71.1 Å². The summed E-state index contributed by atoms with van der Waals surface area (Å²) in [6, 6.07) is 0. The summed E-state index contributed by atoms with van der Waals surface area (Å²) in [5.74, 6) is -0.122. The molecule has 1 heterocycles. The number of ether oxygens (including phenoxy) is 3. The SMILES string of the molecule is COC(CCOC(=O)CCCCCCC(C)=O)CC1CCC(=O)O1. The maximum absolute atomic E-state index is 11.7. The molecule has 2 unspecified atom stereocenters. The second-order valence-corrected chi connectivity index (χ2v) is 6.37.